The lowest BCUT2D eigenvalue weighted by atomic mass is 9.85. The summed E-state index contributed by atoms with van der Waals surface area (Å²) in [4.78, 5) is 10.6. The minimum absolute atomic E-state index is 0.275. The molecule has 0 atom stereocenters. The topological polar surface area (TPSA) is 71.2 Å². The van der Waals surface area contributed by atoms with Gasteiger partial charge in [0.1, 0.15) is 5.78 Å². The van der Waals surface area contributed by atoms with Crippen LogP contribution in [0.1, 0.15) is 37.8 Å². The molecule has 0 unspecified atom stereocenters. The van der Waals surface area contributed by atoms with E-state index in [4.69, 9.17) is 9.47 Å². The highest BCUT2D eigenvalue weighted by Gasteiger charge is 2.50. The Morgan fingerprint density at radius 2 is 1.48 bits per heavy atom. The monoisotopic (exact) mass is 472 g/mol. The van der Waals surface area contributed by atoms with Gasteiger partial charge in [0.05, 0.1) is 46.6 Å². The maximum atomic E-state index is 10.6. The first-order chi connectivity index (χ1) is 12.0. The molecule has 9 heteroatoms. The van der Waals surface area contributed by atoms with Gasteiger partial charge in [0.25, 0.3) is 0 Å². The van der Waals surface area contributed by atoms with Crippen LogP contribution < -0.4 is 0 Å². The zero-order chi connectivity index (χ0) is 17.4. The second kappa shape index (κ2) is 6.94. The van der Waals surface area contributed by atoms with Gasteiger partial charge in [0.2, 0.25) is 0 Å². The fraction of sp³-hybridized carbons (Fsp3) is 0.562. The molecular formula is C16H18Br2N4O3. The van der Waals surface area contributed by atoms with Crippen LogP contribution >= 0.6 is 31.9 Å². The summed E-state index contributed by atoms with van der Waals surface area (Å²) in [6, 6.07) is 0.744. The van der Waals surface area contributed by atoms with Crippen molar-refractivity contribution >= 4 is 37.6 Å². The molecule has 134 valence electrons. The molecular weight excluding hydrogens is 456 g/mol. The van der Waals surface area contributed by atoms with Gasteiger partial charge in [-0.25, -0.2) is 0 Å². The SMILES string of the molecule is Brc1cnn(C2CC3(C2)OCCO3)c1.O=C1CC(n2cc(Br)cn2)C1. The van der Waals surface area contributed by atoms with Gasteiger partial charge in [-0.2, -0.15) is 10.2 Å². The van der Waals surface area contributed by atoms with Crippen molar-refractivity contribution in [3.05, 3.63) is 33.7 Å². The fourth-order valence-corrected chi connectivity index (χ4v) is 3.86. The quantitative estimate of drug-likeness (QED) is 0.669. The zero-order valence-electron chi connectivity index (χ0n) is 13.5. The first kappa shape index (κ1) is 17.4. The second-order valence-electron chi connectivity index (χ2n) is 6.55. The molecule has 3 fully saturated rings. The number of halogens is 2. The minimum Gasteiger partial charge on any atom is -0.347 e. The molecule has 0 amide bonds. The lowest BCUT2D eigenvalue weighted by Crippen LogP contribution is -2.45. The van der Waals surface area contributed by atoms with Crippen LogP contribution in [0.3, 0.4) is 0 Å². The molecule has 2 aromatic heterocycles. The number of nitrogens with zero attached hydrogens (tertiary/aromatic N) is 4. The van der Waals surface area contributed by atoms with Crippen LogP contribution in [0.25, 0.3) is 0 Å². The van der Waals surface area contributed by atoms with Crippen LogP contribution in [0.2, 0.25) is 0 Å². The maximum Gasteiger partial charge on any atom is 0.172 e. The molecule has 0 N–H and O–H groups in total. The number of carbonyl (C=O) groups is 1. The number of aromatic nitrogens is 4. The predicted octanol–water partition coefficient (Wildman–Crippen LogP) is 3.27. The Balaban J connectivity index is 0.000000129. The second-order valence-corrected chi connectivity index (χ2v) is 8.38. The molecule has 1 saturated heterocycles. The Morgan fingerprint density at radius 3 is 1.92 bits per heavy atom. The summed E-state index contributed by atoms with van der Waals surface area (Å²) in [5.74, 6) is 0.0601. The van der Waals surface area contributed by atoms with Crippen molar-refractivity contribution < 1.29 is 14.3 Å². The van der Waals surface area contributed by atoms with Gasteiger partial charge in [-0.15, -0.1) is 0 Å². The van der Waals surface area contributed by atoms with Gasteiger partial charge in [-0.3, -0.25) is 14.2 Å². The molecule has 2 saturated carbocycles. The van der Waals surface area contributed by atoms with E-state index in [2.05, 4.69) is 42.1 Å². The lowest BCUT2D eigenvalue weighted by Gasteiger charge is -2.42. The largest absolute Gasteiger partial charge is 0.347 e. The lowest BCUT2D eigenvalue weighted by molar-refractivity contribution is -0.227. The number of hydrogen-bond acceptors (Lipinski definition) is 5. The van der Waals surface area contributed by atoms with Crippen molar-refractivity contribution in [2.75, 3.05) is 13.2 Å². The highest BCUT2D eigenvalue weighted by molar-refractivity contribution is 9.10. The smallest absolute Gasteiger partial charge is 0.172 e. The molecule has 5 rings (SSSR count). The van der Waals surface area contributed by atoms with E-state index in [1.165, 1.54) is 0 Å². The van der Waals surface area contributed by atoms with E-state index in [0.717, 1.165) is 35.0 Å². The molecule has 25 heavy (non-hydrogen) atoms. The van der Waals surface area contributed by atoms with Gasteiger partial charge in [-0.1, -0.05) is 0 Å². The number of carbonyl (C=O) groups excluding carboxylic acids is 1. The average Bonchev–Trinajstić information content (AvgIpc) is 3.23. The third kappa shape index (κ3) is 3.74. The van der Waals surface area contributed by atoms with E-state index in [1.807, 2.05) is 21.8 Å². The van der Waals surface area contributed by atoms with Crippen molar-refractivity contribution in [3.63, 3.8) is 0 Å². The molecule has 0 aromatic carbocycles. The van der Waals surface area contributed by atoms with Crippen molar-refractivity contribution in [3.8, 4) is 0 Å². The van der Waals surface area contributed by atoms with Crippen LogP contribution in [0.5, 0.6) is 0 Å². The van der Waals surface area contributed by atoms with Gasteiger partial charge >= 0.3 is 0 Å². The normalized spacial score (nSPS) is 22.4. The van der Waals surface area contributed by atoms with Crippen molar-refractivity contribution in [2.45, 2.75) is 43.6 Å². The Labute approximate surface area is 161 Å². The summed E-state index contributed by atoms with van der Waals surface area (Å²) in [5, 5.41) is 8.34. The summed E-state index contributed by atoms with van der Waals surface area (Å²) in [6.45, 7) is 1.46. The van der Waals surface area contributed by atoms with E-state index in [0.29, 0.717) is 30.7 Å². The molecule has 1 aliphatic heterocycles. The highest BCUT2D eigenvalue weighted by Crippen LogP contribution is 2.46. The molecule has 3 aliphatic rings. The molecule has 0 radical (unpaired) electrons. The van der Waals surface area contributed by atoms with Crippen LogP contribution in [-0.2, 0) is 14.3 Å². The van der Waals surface area contributed by atoms with Crippen LogP contribution in [0.15, 0.2) is 33.7 Å². The highest BCUT2D eigenvalue weighted by atomic mass is 79.9. The summed E-state index contributed by atoms with van der Waals surface area (Å²) in [6.07, 6.45) is 10.6. The van der Waals surface area contributed by atoms with Gasteiger partial charge < -0.3 is 9.47 Å². The van der Waals surface area contributed by atoms with Gasteiger partial charge in [0.15, 0.2) is 5.79 Å². The van der Waals surface area contributed by atoms with E-state index < -0.39 is 0 Å². The predicted molar refractivity (Wildman–Crippen MR) is 96.0 cm³/mol. The molecule has 7 nitrogen and oxygen atoms in total. The molecule has 2 aromatic rings. The van der Waals surface area contributed by atoms with Crippen molar-refractivity contribution in [1.29, 1.82) is 0 Å². The van der Waals surface area contributed by atoms with Crippen LogP contribution in [0.4, 0.5) is 0 Å². The number of ketones is 1. The Bertz CT molecular complexity index is 753. The van der Waals surface area contributed by atoms with Crippen LogP contribution in [-0.4, -0.2) is 44.3 Å². The van der Waals surface area contributed by atoms with Gasteiger partial charge in [0, 0.05) is 38.1 Å². The van der Waals surface area contributed by atoms with Crippen molar-refractivity contribution in [2.24, 2.45) is 0 Å². The van der Waals surface area contributed by atoms with Gasteiger partial charge in [-0.05, 0) is 31.9 Å². The molecule has 1 spiro atoms. The Morgan fingerprint density at radius 1 is 0.960 bits per heavy atom. The summed E-state index contributed by atoms with van der Waals surface area (Å²) >= 11 is 6.68. The summed E-state index contributed by atoms with van der Waals surface area (Å²) < 4.78 is 16.9. The minimum atomic E-state index is -0.275. The first-order valence-corrected chi connectivity index (χ1v) is 9.80. The summed E-state index contributed by atoms with van der Waals surface area (Å²) in [5.41, 5.74) is 0. The third-order valence-corrected chi connectivity index (χ3v) is 5.54. The Hall–Kier alpha value is -1.03. The van der Waals surface area contributed by atoms with Crippen molar-refractivity contribution in [1.82, 2.24) is 19.6 Å². The zero-order valence-corrected chi connectivity index (χ0v) is 16.6. The van der Waals surface area contributed by atoms with E-state index in [-0.39, 0.29) is 5.79 Å². The third-order valence-electron chi connectivity index (χ3n) is 4.72. The van der Waals surface area contributed by atoms with E-state index >= 15 is 0 Å². The average molecular weight is 474 g/mol. The first-order valence-electron chi connectivity index (χ1n) is 8.22. The van der Waals surface area contributed by atoms with Crippen LogP contribution in [0, 0.1) is 0 Å². The number of hydrogen-bond donors (Lipinski definition) is 0. The van der Waals surface area contributed by atoms with E-state index in [1.54, 1.807) is 12.4 Å². The van der Waals surface area contributed by atoms with E-state index in [9.17, 15) is 4.79 Å². The number of Topliss-reactive ketones (excluding diaryl/α,β-unsaturated/α-hetero) is 1. The number of rotatable bonds is 2. The molecule has 2 aliphatic carbocycles. The standard InChI is InChI=1S/C9H11BrN2O2.C7H7BrN2O/c10-7-5-11-12(6-7)8-3-9(4-8)13-1-2-14-9;8-5-3-9-10(4-5)6-1-7(11)2-6/h5-6,8H,1-4H2;3-4,6H,1-2H2. The summed E-state index contributed by atoms with van der Waals surface area (Å²) in [7, 11) is 0. The molecule has 0 bridgehead atoms. The maximum absolute atomic E-state index is 10.6. The Kier molecular flexibility index (Phi) is 4.83. The number of ether oxygens (including phenoxy) is 2. The fourth-order valence-electron chi connectivity index (χ4n) is 3.26. The molecule has 3 heterocycles.